The van der Waals surface area contributed by atoms with Gasteiger partial charge in [-0.25, -0.2) is 0 Å². The first kappa shape index (κ1) is 14.1. The van der Waals surface area contributed by atoms with Gasteiger partial charge in [-0.05, 0) is 18.6 Å². The quantitative estimate of drug-likeness (QED) is 0.870. The molecule has 1 aliphatic rings. The van der Waals surface area contributed by atoms with Crippen LogP contribution in [0.3, 0.4) is 0 Å². The van der Waals surface area contributed by atoms with Crippen molar-refractivity contribution in [2.45, 2.75) is 18.4 Å². The van der Waals surface area contributed by atoms with Gasteiger partial charge in [-0.1, -0.05) is 42.0 Å². The van der Waals surface area contributed by atoms with Crippen LogP contribution in [0.1, 0.15) is 16.7 Å². The minimum Gasteiger partial charge on any atom is -0.486 e. The highest BCUT2D eigenvalue weighted by Crippen LogP contribution is 2.34. The van der Waals surface area contributed by atoms with Gasteiger partial charge in [0.2, 0.25) is 0 Å². The van der Waals surface area contributed by atoms with Crippen LogP contribution in [0.2, 0.25) is 0 Å². The molecule has 2 aromatic carbocycles. The number of fused-ring (bicyclic) bond motifs is 1. The van der Waals surface area contributed by atoms with Gasteiger partial charge in [0, 0.05) is 22.1 Å². The Labute approximate surface area is 127 Å². The van der Waals surface area contributed by atoms with Crippen LogP contribution in [0.4, 0.5) is 0 Å². The predicted octanol–water partition coefficient (Wildman–Crippen LogP) is 3.22. The molecule has 3 rings (SSSR count). The zero-order valence-corrected chi connectivity index (χ0v) is 12.8. The first-order valence-corrected chi connectivity index (χ1v) is 8.49. The van der Waals surface area contributed by atoms with Crippen LogP contribution in [0.5, 0.6) is 11.5 Å². The lowest BCUT2D eigenvalue weighted by Gasteiger charge is -2.20. The Morgan fingerprint density at radius 1 is 1.00 bits per heavy atom. The fourth-order valence-electron chi connectivity index (χ4n) is 2.34. The Balaban J connectivity index is 1.71. The number of benzene rings is 2. The molecule has 3 nitrogen and oxygen atoms in total. The second-order valence-corrected chi connectivity index (χ2v) is 6.61. The van der Waals surface area contributed by atoms with Gasteiger partial charge in [-0.2, -0.15) is 0 Å². The van der Waals surface area contributed by atoms with E-state index in [1.165, 1.54) is 5.56 Å². The highest BCUT2D eigenvalue weighted by molar-refractivity contribution is 7.83. The van der Waals surface area contributed by atoms with Crippen molar-refractivity contribution in [2.24, 2.45) is 0 Å². The molecule has 1 atom stereocenters. The Kier molecular flexibility index (Phi) is 4.25. The molecule has 0 bridgehead atoms. The lowest BCUT2D eigenvalue weighted by molar-refractivity contribution is 0.170. The summed E-state index contributed by atoms with van der Waals surface area (Å²) in [5.74, 6) is 2.55. The molecule has 1 heterocycles. The van der Waals surface area contributed by atoms with E-state index in [1.54, 1.807) is 0 Å². The molecule has 2 aromatic rings. The summed E-state index contributed by atoms with van der Waals surface area (Å²) in [6.45, 7) is 3.17. The molecule has 4 heteroatoms. The molecule has 0 amide bonds. The van der Waals surface area contributed by atoms with Gasteiger partial charge >= 0.3 is 0 Å². The van der Waals surface area contributed by atoms with Crippen LogP contribution >= 0.6 is 0 Å². The Morgan fingerprint density at radius 3 is 2.57 bits per heavy atom. The third-order valence-corrected chi connectivity index (χ3v) is 4.70. The SMILES string of the molecule is Cc1ccc(CS(=O)Cc2cccc3c2OCCO3)cc1. The van der Waals surface area contributed by atoms with Crippen molar-refractivity contribution in [3.63, 3.8) is 0 Å². The minimum atomic E-state index is -0.962. The molecule has 21 heavy (non-hydrogen) atoms. The van der Waals surface area contributed by atoms with Crippen LogP contribution in [-0.2, 0) is 22.3 Å². The van der Waals surface area contributed by atoms with Crippen molar-refractivity contribution in [2.75, 3.05) is 13.2 Å². The standard InChI is InChI=1S/C17H18O3S/c1-13-5-7-14(8-6-13)11-21(18)12-15-3-2-4-16-17(15)20-10-9-19-16/h2-8H,9-12H2,1H3. The van der Waals surface area contributed by atoms with Crippen LogP contribution in [-0.4, -0.2) is 17.4 Å². The van der Waals surface area contributed by atoms with Crippen LogP contribution in [0.15, 0.2) is 42.5 Å². The number of rotatable bonds is 4. The number of para-hydroxylation sites is 1. The number of ether oxygens (including phenoxy) is 2. The van der Waals surface area contributed by atoms with Crippen molar-refractivity contribution in [1.29, 1.82) is 0 Å². The van der Waals surface area contributed by atoms with Crippen molar-refractivity contribution in [3.8, 4) is 11.5 Å². The zero-order valence-electron chi connectivity index (χ0n) is 12.0. The Bertz CT molecular complexity index is 650. The molecule has 0 fully saturated rings. The topological polar surface area (TPSA) is 35.5 Å². The van der Waals surface area contributed by atoms with Crippen molar-refractivity contribution in [1.82, 2.24) is 0 Å². The molecule has 1 aliphatic heterocycles. The van der Waals surface area contributed by atoms with Crippen LogP contribution < -0.4 is 9.47 Å². The van der Waals surface area contributed by atoms with Crippen LogP contribution in [0.25, 0.3) is 0 Å². The van der Waals surface area contributed by atoms with Gasteiger partial charge in [-0.3, -0.25) is 4.21 Å². The number of aryl methyl sites for hydroxylation is 1. The highest BCUT2D eigenvalue weighted by Gasteiger charge is 2.17. The van der Waals surface area contributed by atoms with Crippen molar-refractivity contribution < 1.29 is 13.7 Å². The van der Waals surface area contributed by atoms with E-state index in [4.69, 9.17) is 9.47 Å². The fraction of sp³-hybridized carbons (Fsp3) is 0.294. The van der Waals surface area contributed by atoms with Crippen LogP contribution in [0, 0.1) is 6.92 Å². The molecule has 110 valence electrons. The van der Waals surface area contributed by atoms with E-state index >= 15 is 0 Å². The average Bonchev–Trinajstić information content (AvgIpc) is 2.50. The van der Waals surface area contributed by atoms with Gasteiger partial charge in [0.1, 0.15) is 13.2 Å². The third-order valence-electron chi connectivity index (χ3n) is 3.41. The van der Waals surface area contributed by atoms with E-state index in [9.17, 15) is 4.21 Å². The molecule has 0 aliphatic carbocycles. The smallest absolute Gasteiger partial charge is 0.165 e. The lowest BCUT2D eigenvalue weighted by atomic mass is 10.2. The Hall–Kier alpha value is -1.81. The largest absolute Gasteiger partial charge is 0.486 e. The van der Waals surface area contributed by atoms with E-state index in [1.807, 2.05) is 49.4 Å². The van der Waals surface area contributed by atoms with E-state index < -0.39 is 10.8 Å². The molecule has 0 N–H and O–H groups in total. The molecule has 0 saturated heterocycles. The van der Waals surface area contributed by atoms with E-state index in [0.29, 0.717) is 24.7 Å². The summed E-state index contributed by atoms with van der Waals surface area (Å²) in [6.07, 6.45) is 0. The van der Waals surface area contributed by atoms with E-state index in [-0.39, 0.29) is 0 Å². The maximum atomic E-state index is 12.4. The summed E-state index contributed by atoms with van der Waals surface area (Å²) in [4.78, 5) is 0. The maximum absolute atomic E-state index is 12.4. The summed E-state index contributed by atoms with van der Waals surface area (Å²) in [5, 5.41) is 0. The second kappa shape index (κ2) is 6.31. The second-order valence-electron chi connectivity index (χ2n) is 5.16. The normalized spacial score (nSPS) is 14.7. The number of hydrogen-bond acceptors (Lipinski definition) is 3. The molecule has 0 radical (unpaired) electrons. The van der Waals surface area contributed by atoms with Crippen molar-refractivity contribution >= 4 is 10.8 Å². The zero-order chi connectivity index (χ0) is 14.7. The summed E-state index contributed by atoms with van der Waals surface area (Å²) >= 11 is 0. The summed E-state index contributed by atoms with van der Waals surface area (Å²) in [6, 6.07) is 13.9. The average molecular weight is 302 g/mol. The predicted molar refractivity (Wildman–Crippen MR) is 84.2 cm³/mol. The summed E-state index contributed by atoms with van der Waals surface area (Å²) in [7, 11) is -0.962. The summed E-state index contributed by atoms with van der Waals surface area (Å²) < 4.78 is 23.6. The maximum Gasteiger partial charge on any atom is 0.165 e. The van der Waals surface area contributed by atoms with Gasteiger partial charge in [0.25, 0.3) is 0 Å². The molecular formula is C17H18O3S. The first-order valence-electron chi connectivity index (χ1n) is 7.00. The molecule has 0 spiro atoms. The van der Waals surface area contributed by atoms with E-state index in [2.05, 4.69) is 0 Å². The third kappa shape index (κ3) is 3.45. The molecular weight excluding hydrogens is 284 g/mol. The fourth-order valence-corrected chi connectivity index (χ4v) is 3.58. The van der Waals surface area contributed by atoms with Gasteiger partial charge in [0.05, 0.1) is 5.75 Å². The molecule has 0 saturated carbocycles. The first-order chi connectivity index (χ1) is 10.2. The van der Waals surface area contributed by atoms with Gasteiger partial charge < -0.3 is 9.47 Å². The molecule has 0 aromatic heterocycles. The van der Waals surface area contributed by atoms with Gasteiger partial charge in [0.15, 0.2) is 11.5 Å². The minimum absolute atomic E-state index is 0.487. The highest BCUT2D eigenvalue weighted by atomic mass is 32.2. The van der Waals surface area contributed by atoms with E-state index in [0.717, 1.165) is 22.6 Å². The number of hydrogen-bond donors (Lipinski definition) is 0. The molecule has 1 unspecified atom stereocenters. The monoisotopic (exact) mass is 302 g/mol. The van der Waals surface area contributed by atoms with Gasteiger partial charge in [-0.15, -0.1) is 0 Å². The van der Waals surface area contributed by atoms with Crippen molar-refractivity contribution in [3.05, 3.63) is 59.2 Å². The Morgan fingerprint density at radius 2 is 1.76 bits per heavy atom. The summed E-state index contributed by atoms with van der Waals surface area (Å²) in [5.41, 5.74) is 3.27. The lowest BCUT2D eigenvalue weighted by Crippen LogP contribution is -2.17.